The fourth-order valence-electron chi connectivity index (χ4n) is 1.92. The van der Waals surface area contributed by atoms with E-state index in [1.165, 1.54) is 0 Å². The number of para-hydroxylation sites is 2. The van der Waals surface area contributed by atoms with Gasteiger partial charge in [0.2, 0.25) is 5.71 Å². The summed E-state index contributed by atoms with van der Waals surface area (Å²) in [6.07, 6.45) is 0. The maximum Gasteiger partial charge on any atom is 0.202 e. The van der Waals surface area contributed by atoms with Gasteiger partial charge in [0.1, 0.15) is 11.8 Å². The number of methoxy groups -OCH3 is 1. The quantitative estimate of drug-likeness (QED) is 0.494. The second kappa shape index (κ2) is 7.26. The number of hydrogen-bond acceptors (Lipinski definition) is 6. The number of benzene rings is 1. The minimum atomic E-state index is 0.0304. The van der Waals surface area contributed by atoms with Crippen molar-refractivity contribution < 1.29 is 9.47 Å². The maximum absolute atomic E-state index is 9.18. The van der Waals surface area contributed by atoms with Crippen LogP contribution >= 0.6 is 0 Å². The summed E-state index contributed by atoms with van der Waals surface area (Å²) in [4.78, 5) is 1.77. The van der Waals surface area contributed by atoms with Crippen LogP contribution < -0.4 is 10.2 Å². The third kappa shape index (κ3) is 3.70. The van der Waals surface area contributed by atoms with Gasteiger partial charge in [0, 0.05) is 13.1 Å². The van der Waals surface area contributed by atoms with E-state index in [0.717, 1.165) is 0 Å². The number of hydrazone groups is 1. The fourth-order valence-corrected chi connectivity index (χ4v) is 1.92. The van der Waals surface area contributed by atoms with Gasteiger partial charge < -0.3 is 14.4 Å². The number of anilines is 1. The molecule has 0 unspecified atom stereocenters. The van der Waals surface area contributed by atoms with Gasteiger partial charge in [-0.25, -0.2) is 0 Å². The van der Waals surface area contributed by atoms with E-state index in [2.05, 4.69) is 10.5 Å². The molecule has 0 amide bonds. The zero-order valence-electron chi connectivity index (χ0n) is 11.8. The van der Waals surface area contributed by atoms with E-state index in [9.17, 15) is 5.26 Å². The lowest BCUT2D eigenvalue weighted by Crippen LogP contribution is -2.43. The molecule has 1 saturated heterocycles. The summed E-state index contributed by atoms with van der Waals surface area (Å²) in [7, 11) is 1.56. The van der Waals surface area contributed by atoms with Gasteiger partial charge in [0.05, 0.1) is 26.0 Å². The Morgan fingerprint density at radius 1 is 1.43 bits per heavy atom. The second-order valence-electron chi connectivity index (χ2n) is 4.33. The van der Waals surface area contributed by atoms with Crippen LogP contribution in [0.15, 0.2) is 29.4 Å². The summed E-state index contributed by atoms with van der Waals surface area (Å²) in [5.74, 6) is 0.722. The Bertz CT molecular complexity index is 573. The highest BCUT2D eigenvalue weighted by Crippen LogP contribution is 2.22. The zero-order valence-corrected chi connectivity index (χ0v) is 11.8. The van der Waals surface area contributed by atoms with Gasteiger partial charge in [-0.15, -0.1) is 0 Å². The topological polar surface area (TPSA) is 93.7 Å². The van der Waals surface area contributed by atoms with E-state index in [0.29, 0.717) is 37.7 Å². The Kier molecular flexibility index (Phi) is 5.12. The highest BCUT2D eigenvalue weighted by atomic mass is 16.5. The summed E-state index contributed by atoms with van der Waals surface area (Å²) < 4.78 is 10.4. The van der Waals surface area contributed by atoms with Crippen LogP contribution in [0.1, 0.15) is 0 Å². The molecule has 2 rings (SSSR count). The number of amidine groups is 1. The first kappa shape index (κ1) is 14.8. The van der Waals surface area contributed by atoms with Gasteiger partial charge in [-0.05, 0) is 12.1 Å². The van der Waals surface area contributed by atoms with Crippen molar-refractivity contribution in [3.63, 3.8) is 0 Å². The maximum atomic E-state index is 9.18. The van der Waals surface area contributed by atoms with Crippen molar-refractivity contribution in [3.8, 4) is 11.8 Å². The van der Waals surface area contributed by atoms with Crippen molar-refractivity contribution in [2.24, 2.45) is 5.10 Å². The lowest BCUT2D eigenvalue weighted by molar-refractivity contribution is 0.0686. The van der Waals surface area contributed by atoms with Crippen molar-refractivity contribution in [2.75, 3.05) is 38.8 Å². The van der Waals surface area contributed by atoms with Crippen molar-refractivity contribution in [1.82, 2.24) is 4.90 Å². The third-order valence-electron chi connectivity index (χ3n) is 3.05. The molecule has 1 aromatic carbocycles. The van der Waals surface area contributed by atoms with Crippen molar-refractivity contribution in [1.29, 1.82) is 10.7 Å². The number of rotatable bonds is 4. The Balaban J connectivity index is 2.10. The molecule has 7 heteroatoms. The molecule has 2 N–H and O–H groups in total. The molecule has 1 heterocycles. The predicted molar refractivity (Wildman–Crippen MR) is 79.8 cm³/mol. The Morgan fingerprint density at radius 2 is 2.14 bits per heavy atom. The van der Waals surface area contributed by atoms with Crippen LogP contribution in [-0.2, 0) is 4.74 Å². The van der Waals surface area contributed by atoms with Gasteiger partial charge in [0.25, 0.3) is 0 Å². The molecule has 21 heavy (non-hydrogen) atoms. The molecule has 1 fully saturated rings. The van der Waals surface area contributed by atoms with Crippen LogP contribution in [0.4, 0.5) is 5.69 Å². The van der Waals surface area contributed by atoms with E-state index in [4.69, 9.17) is 14.9 Å². The summed E-state index contributed by atoms with van der Waals surface area (Å²) in [6, 6.07) is 9.20. The molecule has 1 aliphatic heterocycles. The van der Waals surface area contributed by atoms with Crippen LogP contribution in [0.5, 0.6) is 5.75 Å². The predicted octanol–water partition coefficient (Wildman–Crippen LogP) is 1.30. The largest absolute Gasteiger partial charge is 0.495 e. The highest BCUT2D eigenvalue weighted by molar-refractivity contribution is 6.46. The summed E-state index contributed by atoms with van der Waals surface area (Å²) in [5, 5.41) is 21.2. The molecule has 0 aromatic heterocycles. The first-order valence-electron chi connectivity index (χ1n) is 6.54. The molecule has 110 valence electrons. The average molecular weight is 287 g/mol. The highest BCUT2D eigenvalue weighted by Gasteiger charge is 2.18. The van der Waals surface area contributed by atoms with Gasteiger partial charge >= 0.3 is 0 Å². The van der Waals surface area contributed by atoms with E-state index in [1.54, 1.807) is 24.1 Å². The molecular formula is C14H17N5O2. The summed E-state index contributed by atoms with van der Waals surface area (Å²) in [6.45, 7) is 2.30. The standard InChI is InChI=1S/C14H17N5O2/c1-20-13-5-3-2-4-11(13)17-18-12(10-15)14(16)19-6-8-21-9-7-19/h2-5,16-17H,6-9H2,1H3. The molecule has 0 aliphatic carbocycles. The Hall–Kier alpha value is -2.59. The first-order valence-corrected chi connectivity index (χ1v) is 6.54. The smallest absolute Gasteiger partial charge is 0.202 e. The van der Waals surface area contributed by atoms with Crippen molar-refractivity contribution in [2.45, 2.75) is 0 Å². The molecule has 7 nitrogen and oxygen atoms in total. The van der Waals surface area contributed by atoms with E-state index in [1.807, 2.05) is 18.2 Å². The number of nitriles is 1. The Labute approximate surface area is 123 Å². The number of hydrogen-bond donors (Lipinski definition) is 2. The van der Waals surface area contributed by atoms with E-state index in [-0.39, 0.29) is 11.5 Å². The van der Waals surface area contributed by atoms with Gasteiger partial charge in [-0.1, -0.05) is 12.1 Å². The zero-order chi connectivity index (χ0) is 15.1. The number of morpholine rings is 1. The number of nitrogens with zero attached hydrogens (tertiary/aromatic N) is 3. The minimum Gasteiger partial charge on any atom is -0.495 e. The molecule has 0 spiro atoms. The SMILES string of the molecule is COc1ccccc1NN=C(C#N)C(=N)N1CCOCC1. The molecule has 0 bridgehead atoms. The van der Waals surface area contributed by atoms with Crippen LogP contribution in [0.2, 0.25) is 0 Å². The van der Waals surface area contributed by atoms with Crippen molar-refractivity contribution in [3.05, 3.63) is 24.3 Å². The lowest BCUT2D eigenvalue weighted by atomic mass is 10.3. The fraction of sp³-hybridized carbons (Fsp3) is 0.357. The summed E-state index contributed by atoms with van der Waals surface area (Å²) in [5.41, 5.74) is 3.45. The van der Waals surface area contributed by atoms with E-state index < -0.39 is 0 Å². The van der Waals surface area contributed by atoms with Crippen LogP contribution in [0.3, 0.4) is 0 Å². The molecule has 1 aromatic rings. The van der Waals surface area contributed by atoms with Crippen LogP contribution in [-0.4, -0.2) is 49.9 Å². The second-order valence-corrected chi connectivity index (χ2v) is 4.33. The van der Waals surface area contributed by atoms with Gasteiger partial charge in [-0.2, -0.15) is 10.4 Å². The average Bonchev–Trinajstić information content (AvgIpc) is 2.56. The number of ether oxygens (including phenoxy) is 2. The molecule has 0 saturated carbocycles. The Morgan fingerprint density at radius 3 is 2.81 bits per heavy atom. The third-order valence-corrected chi connectivity index (χ3v) is 3.05. The van der Waals surface area contributed by atoms with Crippen LogP contribution in [0, 0.1) is 16.7 Å². The van der Waals surface area contributed by atoms with Crippen molar-refractivity contribution >= 4 is 17.2 Å². The molecular weight excluding hydrogens is 270 g/mol. The molecule has 0 atom stereocenters. The normalized spacial score (nSPS) is 15.2. The molecule has 1 aliphatic rings. The van der Waals surface area contributed by atoms with Gasteiger partial charge in [-0.3, -0.25) is 10.8 Å². The lowest BCUT2D eigenvalue weighted by Gasteiger charge is -2.28. The van der Waals surface area contributed by atoms with E-state index >= 15 is 0 Å². The monoisotopic (exact) mass is 287 g/mol. The number of nitrogens with one attached hydrogen (secondary N) is 2. The van der Waals surface area contributed by atoms with Gasteiger partial charge in [0.15, 0.2) is 5.84 Å². The van der Waals surface area contributed by atoms with Crippen LogP contribution in [0.25, 0.3) is 0 Å². The minimum absolute atomic E-state index is 0.0304. The first-order chi connectivity index (χ1) is 10.3. The molecule has 0 radical (unpaired) electrons. The summed E-state index contributed by atoms with van der Waals surface area (Å²) >= 11 is 0.